The van der Waals surface area contributed by atoms with E-state index in [1.807, 2.05) is 36.1 Å². The Hall–Kier alpha value is -1.66. The largest absolute Gasteiger partial charge is 0.342 e. The van der Waals surface area contributed by atoms with Crippen LogP contribution in [0, 0.1) is 18.8 Å². The Balaban J connectivity index is 1.54. The van der Waals surface area contributed by atoms with Gasteiger partial charge in [0.25, 0.3) is 0 Å². The van der Waals surface area contributed by atoms with Crippen molar-refractivity contribution in [2.24, 2.45) is 11.8 Å². The van der Waals surface area contributed by atoms with E-state index in [4.69, 9.17) is 0 Å². The zero-order valence-electron chi connectivity index (χ0n) is 16.3. The molecule has 0 spiro atoms. The lowest BCUT2D eigenvalue weighted by atomic mass is 9.93. The second kappa shape index (κ2) is 8.57. The summed E-state index contributed by atoms with van der Waals surface area (Å²) in [5.41, 5.74) is 2.01. The zero-order chi connectivity index (χ0) is 19.4. The summed E-state index contributed by atoms with van der Waals surface area (Å²) in [4.78, 5) is 14.7. The highest BCUT2D eigenvalue weighted by Crippen LogP contribution is 2.25. The van der Waals surface area contributed by atoms with Crippen LogP contribution >= 0.6 is 0 Å². The maximum atomic E-state index is 12.7. The molecule has 0 aromatic heterocycles. The van der Waals surface area contributed by atoms with E-state index in [1.54, 1.807) is 6.08 Å². The van der Waals surface area contributed by atoms with E-state index in [-0.39, 0.29) is 11.8 Å². The van der Waals surface area contributed by atoms with E-state index in [1.165, 1.54) is 9.71 Å². The standard InChI is InChI=1S/C21H30N2O3S/c1-17-3-5-19(6-4-17)11-16-27(25,26)23-14-9-20(10-15-23)21(24)22-12-7-18(2)8-13-22/h3-6,11,16,18,20H,7-10,12-15H2,1-2H3/b16-11+. The first-order valence-electron chi connectivity index (χ1n) is 9.89. The minimum atomic E-state index is -3.45. The number of rotatable bonds is 4. The quantitative estimate of drug-likeness (QED) is 0.793. The van der Waals surface area contributed by atoms with E-state index >= 15 is 0 Å². The van der Waals surface area contributed by atoms with Gasteiger partial charge < -0.3 is 4.90 Å². The van der Waals surface area contributed by atoms with Crippen molar-refractivity contribution in [1.82, 2.24) is 9.21 Å². The van der Waals surface area contributed by atoms with Crippen molar-refractivity contribution in [1.29, 1.82) is 0 Å². The summed E-state index contributed by atoms with van der Waals surface area (Å²) in [6, 6.07) is 7.74. The van der Waals surface area contributed by atoms with Crippen LogP contribution in [0.5, 0.6) is 0 Å². The lowest BCUT2D eigenvalue weighted by Crippen LogP contribution is -2.46. The minimum Gasteiger partial charge on any atom is -0.342 e. The fourth-order valence-electron chi connectivity index (χ4n) is 3.77. The summed E-state index contributed by atoms with van der Waals surface area (Å²) in [6.45, 7) is 6.76. The van der Waals surface area contributed by atoms with Crippen LogP contribution in [0.4, 0.5) is 0 Å². The van der Waals surface area contributed by atoms with Gasteiger partial charge in [0.2, 0.25) is 15.9 Å². The van der Waals surface area contributed by atoms with Gasteiger partial charge >= 0.3 is 0 Å². The summed E-state index contributed by atoms with van der Waals surface area (Å²) in [5.74, 6) is 0.876. The first kappa shape index (κ1) is 20.1. The number of likely N-dealkylation sites (tertiary alicyclic amines) is 1. The molecular weight excluding hydrogens is 360 g/mol. The van der Waals surface area contributed by atoms with Gasteiger partial charge in [-0.15, -0.1) is 0 Å². The molecule has 0 aliphatic carbocycles. The van der Waals surface area contributed by atoms with Crippen molar-refractivity contribution in [2.45, 2.75) is 39.5 Å². The number of amides is 1. The average molecular weight is 391 g/mol. The van der Waals surface area contributed by atoms with E-state index in [2.05, 4.69) is 6.92 Å². The molecule has 0 N–H and O–H groups in total. The van der Waals surface area contributed by atoms with Crippen molar-refractivity contribution in [2.75, 3.05) is 26.2 Å². The van der Waals surface area contributed by atoms with Crippen LogP contribution in [0.3, 0.4) is 0 Å². The lowest BCUT2D eigenvalue weighted by Gasteiger charge is -2.36. The molecule has 5 nitrogen and oxygen atoms in total. The Morgan fingerprint density at radius 1 is 1.00 bits per heavy atom. The van der Waals surface area contributed by atoms with E-state index in [0.717, 1.165) is 37.1 Å². The molecule has 6 heteroatoms. The number of carbonyl (C=O) groups is 1. The van der Waals surface area contributed by atoms with E-state index < -0.39 is 10.0 Å². The highest BCUT2D eigenvalue weighted by Gasteiger charge is 2.33. The number of hydrogen-bond donors (Lipinski definition) is 0. The second-order valence-corrected chi connectivity index (χ2v) is 9.76. The number of nitrogens with zero attached hydrogens (tertiary/aromatic N) is 2. The third-order valence-electron chi connectivity index (χ3n) is 5.77. The van der Waals surface area contributed by atoms with Crippen LogP contribution in [0.15, 0.2) is 29.7 Å². The minimum absolute atomic E-state index is 0.0362. The molecule has 2 aliphatic heterocycles. The van der Waals surface area contributed by atoms with Gasteiger partial charge in [0.15, 0.2) is 0 Å². The lowest BCUT2D eigenvalue weighted by molar-refractivity contribution is -0.138. The Morgan fingerprint density at radius 3 is 2.19 bits per heavy atom. The van der Waals surface area contributed by atoms with Gasteiger partial charge in [-0.1, -0.05) is 36.8 Å². The highest BCUT2D eigenvalue weighted by molar-refractivity contribution is 7.92. The van der Waals surface area contributed by atoms with Crippen molar-refractivity contribution in [3.8, 4) is 0 Å². The van der Waals surface area contributed by atoms with Crippen LogP contribution in [-0.2, 0) is 14.8 Å². The predicted octanol–water partition coefficient (Wildman–Crippen LogP) is 3.27. The summed E-state index contributed by atoms with van der Waals surface area (Å²) in [7, 11) is -3.45. The Labute approximate surface area is 163 Å². The number of piperidine rings is 2. The molecule has 1 aromatic rings. The van der Waals surface area contributed by atoms with Gasteiger partial charge in [0.1, 0.15) is 0 Å². The van der Waals surface area contributed by atoms with Crippen LogP contribution in [-0.4, -0.2) is 49.7 Å². The van der Waals surface area contributed by atoms with E-state index in [0.29, 0.717) is 31.8 Å². The molecule has 2 aliphatic rings. The fourth-order valence-corrected chi connectivity index (χ4v) is 4.99. The predicted molar refractivity (Wildman–Crippen MR) is 108 cm³/mol. The molecular formula is C21H30N2O3S. The normalized spacial score (nSPS) is 21.0. The van der Waals surface area contributed by atoms with Gasteiger partial charge in [-0.3, -0.25) is 4.79 Å². The Kier molecular flexibility index (Phi) is 6.37. The molecule has 2 saturated heterocycles. The average Bonchev–Trinajstić information content (AvgIpc) is 2.68. The molecule has 0 saturated carbocycles. The Bertz CT molecular complexity index is 770. The third kappa shape index (κ3) is 5.20. The molecule has 2 heterocycles. The maximum absolute atomic E-state index is 12.7. The number of benzene rings is 1. The maximum Gasteiger partial charge on any atom is 0.236 e. The second-order valence-electron chi connectivity index (χ2n) is 7.94. The van der Waals surface area contributed by atoms with Crippen LogP contribution < -0.4 is 0 Å². The van der Waals surface area contributed by atoms with Gasteiger partial charge in [-0.05, 0) is 50.2 Å². The molecule has 1 amide bonds. The summed E-state index contributed by atoms with van der Waals surface area (Å²) in [5, 5.41) is 1.28. The van der Waals surface area contributed by atoms with Crippen LogP contribution in [0.25, 0.3) is 6.08 Å². The third-order valence-corrected chi connectivity index (χ3v) is 7.33. The molecule has 148 valence electrons. The molecule has 0 unspecified atom stereocenters. The molecule has 1 aromatic carbocycles. The van der Waals surface area contributed by atoms with Crippen molar-refractivity contribution >= 4 is 22.0 Å². The molecule has 0 radical (unpaired) electrons. The van der Waals surface area contributed by atoms with Gasteiger partial charge in [-0.2, -0.15) is 4.31 Å². The van der Waals surface area contributed by atoms with Gasteiger partial charge in [-0.25, -0.2) is 8.42 Å². The summed E-state index contributed by atoms with van der Waals surface area (Å²) in [6.07, 6.45) is 5.01. The van der Waals surface area contributed by atoms with Gasteiger partial charge in [0.05, 0.1) is 0 Å². The first-order valence-corrected chi connectivity index (χ1v) is 11.4. The van der Waals surface area contributed by atoms with Crippen LogP contribution in [0.2, 0.25) is 0 Å². The zero-order valence-corrected chi connectivity index (χ0v) is 17.1. The topological polar surface area (TPSA) is 57.7 Å². The van der Waals surface area contributed by atoms with Gasteiger partial charge in [0, 0.05) is 37.5 Å². The van der Waals surface area contributed by atoms with Crippen molar-refractivity contribution < 1.29 is 13.2 Å². The molecule has 3 rings (SSSR count). The number of aryl methyl sites for hydroxylation is 1. The molecule has 0 bridgehead atoms. The molecule has 2 fully saturated rings. The van der Waals surface area contributed by atoms with Crippen molar-refractivity contribution in [3.05, 3.63) is 40.8 Å². The first-order chi connectivity index (χ1) is 12.8. The number of hydrogen-bond acceptors (Lipinski definition) is 3. The summed E-state index contributed by atoms with van der Waals surface area (Å²) < 4.78 is 26.7. The number of carbonyl (C=O) groups excluding carboxylic acids is 1. The van der Waals surface area contributed by atoms with Crippen molar-refractivity contribution in [3.63, 3.8) is 0 Å². The summed E-state index contributed by atoms with van der Waals surface area (Å²) >= 11 is 0. The SMILES string of the molecule is Cc1ccc(/C=C/S(=O)(=O)N2CCC(C(=O)N3CCC(C)CC3)CC2)cc1. The number of sulfonamides is 1. The molecule has 27 heavy (non-hydrogen) atoms. The highest BCUT2D eigenvalue weighted by atomic mass is 32.2. The molecule has 0 atom stereocenters. The van der Waals surface area contributed by atoms with Crippen LogP contribution in [0.1, 0.15) is 43.7 Å². The Morgan fingerprint density at radius 2 is 1.59 bits per heavy atom. The smallest absolute Gasteiger partial charge is 0.236 e. The van der Waals surface area contributed by atoms with E-state index in [9.17, 15) is 13.2 Å². The fraction of sp³-hybridized carbons (Fsp3) is 0.571. The monoisotopic (exact) mass is 390 g/mol.